The van der Waals surface area contributed by atoms with Crippen LogP contribution in [0.5, 0.6) is 5.75 Å². The van der Waals surface area contributed by atoms with Crippen LogP contribution < -0.4 is 10.1 Å². The van der Waals surface area contributed by atoms with Gasteiger partial charge in [0.05, 0.1) is 17.8 Å². The topological polar surface area (TPSA) is 67.8 Å². The standard InChI is InChI=1S/C20H15ClN2O4S/c21-16-5-1-2-6-18(16)26-12-15-8-7-13(27-15)10-17-19(24)23(20(28)22-17)11-14-4-3-9-25-14/h1-10H,11-12H2,(H,22,28)/b17-10+. The van der Waals surface area contributed by atoms with Crippen molar-refractivity contribution in [1.82, 2.24) is 10.2 Å². The van der Waals surface area contributed by atoms with Gasteiger partial charge < -0.3 is 18.9 Å². The molecule has 1 N–H and O–H groups in total. The van der Waals surface area contributed by atoms with Crippen LogP contribution in [-0.2, 0) is 17.9 Å². The quantitative estimate of drug-likeness (QED) is 0.477. The number of halogens is 1. The van der Waals surface area contributed by atoms with Crippen LogP contribution in [0.3, 0.4) is 0 Å². The second kappa shape index (κ2) is 7.92. The van der Waals surface area contributed by atoms with Crippen LogP contribution in [0.25, 0.3) is 6.08 Å². The molecule has 8 heteroatoms. The van der Waals surface area contributed by atoms with Gasteiger partial charge in [-0.25, -0.2) is 0 Å². The van der Waals surface area contributed by atoms with E-state index < -0.39 is 0 Å². The van der Waals surface area contributed by atoms with Crippen molar-refractivity contribution in [2.75, 3.05) is 0 Å². The van der Waals surface area contributed by atoms with Gasteiger partial charge >= 0.3 is 0 Å². The molecule has 1 aromatic carbocycles. The van der Waals surface area contributed by atoms with Crippen LogP contribution in [0, 0.1) is 0 Å². The Morgan fingerprint density at radius 2 is 2.00 bits per heavy atom. The van der Waals surface area contributed by atoms with Crippen molar-refractivity contribution < 1.29 is 18.4 Å². The molecular formula is C20H15ClN2O4S. The Kier molecular flexibility index (Phi) is 5.18. The minimum Gasteiger partial charge on any atom is -0.484 e. The van der Waals surface area contributed by atoms with Crippen LogP contribution in [0.15, 0.2) is 69.3 Å². The smallest absolute Gasteiger partial charge is 0.277 e. The zero-order valence-electron chi connectivity index (χ0n) is 14.6. The molecule has 1 saturated heterocycles. The largest absolute Gasteiger partial charge is 0.484 e. The van der Waals surface area contributed by atoms with E-state index in [4.69, 9.17) is 37.4 Å². The fourth-order valence-electron chi connectivity index (χ4n) is 2.68. The van der Waals surface area contributed by atoms with E-state index in [0.29, 0.717) is 38.9 Å². The van der Waals surface area contributed by atoms with Gasteiger partial charge in [-0.05, 0) is 48.6 Å². The molecule has 28 heavy (non-hydrogen) atoms. The van der Waals surface area contributed by atoms with Crippen molar-refractivity contribution in [3.63, 3.8) is 0 Å². The first-order valence-corrected chi connectivity index (χ1v) is 9.22. The summed E-state index contributed by atoms with van der Waals surface area (Å²) < 4.78 is 16.6. The number of nitrogens with one attached hydrogen (secondary N) is 1. The predicted octanol–water partition coefficient (Wildman–Crippen LogP) is 4.36. The molecule has 4 rings (SSSR count). The molecular weight excluding hydrogens is 400 g/mol. The first-order chi connectivity index (χ1) is 13.6. The van der Waals surface area contributed by atoms with Crippen molar-refractivity contribution in [2.24, 2.45) is 0 Å². The molecule has 2 aromatic heterocycles. The zero-order valence-corrected chi connectivity index (χ0v) is 16.1. The van der Waals surface area contributed by atoms with Gasteiger partial charge in [0.25, 0.3) is 5.91 Å². The average Bonchev–Trinajstić information content (AvgIpc) is 3.41. The molecule has 0 bridgehead atoms. The molecule has 1 aliphatic heterocycles. The number of para-hydroxylation sites is 1. The minimum absolute atomic E-state index is 0.220. The van der Waals surface area contributed by atoms with Crippen LogP contribution in [-0.4, -0.2) is 15.9 Å². The van der Waals surface area contributed by atoms with Gasteiger partial charge in [0.15, 0.2) is 5.11 Å². The highest BCUT2D eigenvalue weighted by Crippen LogP contribution is 2.25. The number of rotatable bonds is 6. The SMILES string of the molecule is O=C1/C(=C\c2ccc(COc3ccccc3Cl)o2)NC(=S)N1Cc1ccco1. The van der Waals surface area contributed by atoms with Crippen molar-refractivity contribution in [3.05, 3.63) is 82.8 Å². The Labute approximate surface area is 171 Å². The summed E-state index contributed by atoms with van der Waals surface area (Å²) in [7, 11) is 0. The number of carbonyl (C=O) groups is 1. The molecule has 1 aliphatic rings. The maximum absolute atomic E-state index is 12.6. The van der Waals surface area contributed by atoms with Gasteiger partial charge in [0.1, 0.15) is 35.3 Å². The number of carbonyl (C=O) groups excluding carboxylic acids is 1. The molecule has 0 atom stereocenters. The second-order valence-electron chi connectivity index (χ2n) is 5.98. The highest BCUT2D eigenvalue weighted by Gasteiger charge is 2.31. The number of thiocarbonyl (C=S) groups is 1. The molecule has 1 amide bonds. The Morgan fingerprint density at radius 3 is 2.79 bits per heavy atom. The Balaban J connectivity index is 1.42. The number of benzene rings is 1. The third kappa shape index (κ3) is 3.95. The van der Waals surface area contributed by atoms with Crippen molar-refractivity contribution in [2.45, 2.75) is 13.2 Å². The van der Waals surface area contributed by atoms with E-state index >= 15 is 0 Å². The van der Waals surface area contributed by atoms with E-state index in [1.54, 1.807) is 48.7 Å². The monoisotopic (exact) mass is 414 g/mol. The minimum atomic E-state index is -0.244. The van der Waals surface area contributed by atoms with Gasteiger partial charge in [-0.2, -0.15) is 0 Å². The van der Waals surface area contributed by atoms with Gasteiger partial charge in [-0.1, -0.05) is 23.7 Å². The first kappa shape index (κ1) is 18.3. The van der Waals surface area contributed by atoms with E-state index in [1.807, 2.05) is 12.1 Å². The zero-order chi connectivity index (χ0) is 19.5. The fraction of sp³-hybridized carbons (Fsp3) is 0.100. The lowest BCUT2D eigenvalue weighted by atomic mass is 10.3. The van der Waals surface area contributed by atoms with E-state index in [1.165, 1.54) is 4.90 Å². The lowest BCUT2D eigenvalue weighted by molar-refractivity contribution is -0.122. The number of amides is 1. The molecule has 3 aromatic rings. The van der Waals surface area contributed by atoms with Gasteiger partial charge in [0, 0.05) is 6.08 Å². The van der Waals surface area contributed by atoms with E-state index in [-0.39, 0.29) is 19.1 Å². The summed E-state index contributed by atoms with van der Waals surface area (Å²) >= 11 is 11.3. The van der Waals surface area contributed by atoms with Crippen molar-refractivity contribution in [1.29, 1.82) is 0 Å². The maximum atomic E-state index is 12.6. The molecule has 0 unspecified atom stereocenters. The Morgan fingerprint density at radius 1 is 1.14 bits per heavy atom. The number of hydrogen-bond acceptors (Lipinski definition) is 5. The molecule has 6 nitrogen and oxygen atoms in total. The number of ether oxygens (including phenoxy) is 1. The van der Waals surface area contributed by atoms with Gasteiger partial charge in [-0.3, -0.25) is 9.69 Å². The molecule has 3 heterocycles. The lowest BCUT2D eigenvalue weighted by Crippen LogP contribution is -2.29. The molecule has 0 radical (unpaired) electrons. The van der Waals surface area contributed by atoms with Crippen LogP contribution in [0.1, 0.15) is 17.3 Å². The highest BCUT2D eigenvalue weighted by molar-refractivity contribution is 7.80. The summed E-state index contributed by atoms with van der Waals surface area (Å²) in [6.07, 6.45) is 3.16. The van der Waals surface area contributed by atoms with E-state index in [0.717, 1.165) is 0 Å². The van der Waals surface area contributed by atoms with Gasteiger partial charge in [-0.15, -0.1) is 0 Å². The van der Waals surface area contributed by atoms with Crippen molar-refractivity contribution >= 4 is 40.9 Å². The third-order valence-electron chi connectivity index (χ3n) is 4.03. The third-order valence-corrected chi connectivity index (χ3v) is 4.67. The Hall–Kier alpha value is -3.03. The summed E-state index contributed by atoms with van der Waals surface area (Å²) in [5.74, 6) is 2.10. The highest BCUT2D eigenvalue weighted by atomic mass is 35.5. The summed E-state index contributed by atoms with van der Waals surface area (Å²) in [4.78, 5) is 14.0. The molecule has 0 saturated carbocycles. The van der Waals surface area contributed by atoms with Crippen LogP contribution >= 0.6 is 23.8 Å². The summed E-state index contributed by atoms with van der Waals surface area (Å²) in [5.41, 5.74) is 0.337. The van der Waals surface area contributed by atoms with Crippen LogP contribution in [0.2, 0.25) is 5.02 Å². The number of nitrogens with zero attached hydrogens (tertiary/aromatic N) is 1. The number of hydrogen-bond donors (Lipinski definition) is 1. The predicted molar refractivity (Wildman–Crippen MR) is 107 cm³/mol. The molecule has 142 valence electrons. The molecule has 1 fully saturated rings. The van der Waals surface area contributed by atoms with Crippen LogP contribution in [0.4, 0.5) is 0 Å². The summed E-state index contributed by atoms with van der Waals surface area (Å²) in [5, 5.41) is 3.76. The second-order valence-corrected chi connectivity index (χ2v) is 6.78. The number of furan rings is 2. The summed E-state index contributed by atoms with van der Waals surface area (Å²) in [6, 6.07) is 14.3. The average molecular weight is 415 g/mol. The van der Waals surface area contributed by atoms with Gasteiger partial charge in [0.2, 0.25) is 0 Å². The normalized spacial score (nSPS) is 15.3. The Bertz CT molecular complexity index is 1040. The maximum Gasteiger partial charge on any atom is 0.277 e. The van der Waals surface area contributed by atoms with E-state index in [9.17, 15) is 4.79 Å². The summed E-state index contributed by atoms with van der Waals surface area (Å²) in [6.45, 7) is 0.487. The van der Waals surface area contributed by atoms with E-state index in [2.05, 4.69) is 5.32 Å². The molecule has 0 spiro atoms. The fourth-order valence-corrected chi connectivity index (χ4v) is 3.12. The first-order valence-electron chi connectivity index (χ1n) is 8.43. The lowest BCUT2D eigenvalue weighted by Gasteiger charge is -2.11. The molecule has 0 aliphatic carbocycles. The van der Waals surface area contributed by atoms with Crippen molar-refractivity contribution in [3.8, 4) is 5.75 Å².